The molecule has 2 aromatic rings. The Morgan fingerprint density at radius 2 is 1.58 bits per heavy atom. The summed E-state index contributed by atoms with van der Waals surface area (Å²) in [5, 5.41) is 11.6. The molecule has 1 fully saturated rings. The van der Waals surface area contributed by atoms with E-state index >= 15 is 0 Å². The minimum atomic E-state index is -2.84. The fourth-order valence-corrected chi connectivity index (χ4v) is 9.74. The van der Waals surface area contributed by atoms with E-state index in [1.165, 1.54) is 10.4 Å². The smallest absolute Gasteiger partial charge is 0.262 e. The van der Waals surface area contributed by atoms with Crippen LogP contribution in [0.15, 0.2) is 84.5 Å². The molecule has 0 radical (unpaired) electrons. The third-order valence-electron chi connectivity index (χ3n) is 6.88. The molecule has 0 amide bonds. The molecule has 1 N–H and O–H groups in total. The van der Waals surface area contributed by atoms with Gasteiger partial charge in [0, 0.05) is 27.1 Å². The third-order valence-corrected chi connectivity index (χ3v) is 11.9. The van der Waals surface area contributed by atoms with Gasteiger partial charge in [0.25, 0.3) is 8.32 Å². The third kappa shape index (κ3) is 6.62. The van der Waals surface area contributed by atoms with Crippen LogP contribution in [-0.4, -0.2) is 58.9 Å². The summed E-state index contributed by atoms with van der Waals surface area (Å²) >= 11 is 0. The van der Waals surface area contributed by atoms with Crippen LogP contribution in [0.5, 0.6) is 0 Å². The van der Waals surface area contributed by atoms with Gasteiger partial charge in [-0.3, -0.25) is 0 Å². The van der Waals surface area contributed by atoms with Gasteiger partial charge in [0.2, 0.25) is 0 Å². The second-order valence-electron chi connectivity index (χ2n) is 10.4. The topological polar surface area (TPSA) is 57.2 Å². The number of ether oxygens (including phenoxy) is 3. The molecular weight excluding hydrogens is 468 g/mol. The van der Waals surface area contributed by atoms with Gasteiger partial charge in [-0.25, -0.2) is 0 Å². The number of benzene rings is 2. The van der Waals surface area contributed by atoms with Crippen molar-refractivity contribution in [1.29, 1.82) is 0 Å². The van der Waals surface area contributed by atoms with Crippen molar-refractivity contribution < 1.29 is 23.7 Å². The zero-order valence-corrected chi connectivity index (χ0v) is 23.5. The highest BCUT2D eigenvalue weighted by molar-refractivity contribution is 6.99. The van der Waals surface area contributed by atoms with E-state index in [-0.39, 0.29) is 36.2 Å². The summed E-state index contributed by atoms with van der Waals surface area (Å²) in [7, 11) is 0.570. The Balaban J connectivity index is 2.19. The molecule has 1 aliphatic rings. The monoisotopic (exact) mass is 510 g/mol. The van der Waals surface area contributed by atoms with E-state index in [2.05, 4.69) is 75.4 Å². The van der Waals surface area contributed by atoms with Crippen molar-refractivity contribution in [1.82, 2.24) is 0 Å². The van der Waals surface area contributed by atoms with Crippen molar-refractivity contribution in [2.45, 2.75) is 70.2 Å². The highest BCUT2D eigenvalue weighted by atomic mass is 28.4. The Labute approximate surface area is 217 Å². The molecule has 0 spiro atoms. The standard InChI is InChI=1S/C30H42O5Si/c1-23(14-13-19-31)20-28(27-21-24(32-5)22-29(33-6)34-27)35-36(30(2,3)4,25-15-9-7-10-16-25)26-17-11-8-12-18-26/h7-18,20,24,27-29,31H,19,21-22H2,1-6H3/b14-13+,23-20+/t24-,27-,28-,29-/m1/s1. The summed E-state index contributed by atoms with van der Waals surface area (Å²) in [6.45, 7) is 8.84. The van der Waals surface area contributed by atoms with Gasteiger partial charge in [0.1, 0.15) is 0 Å². The zero-order chi connectivity index (χ0) is 26.2. The first-order valence-electron chi connectivity index (χ1n) is 12.7. The van der Waals surface area contributed by atoms with Crippen molar-refractivity contribution in [3.8, 4) is 0 Å². The fourth-order valence-electron chi connectivity index (χ4n) is 5.10. The summed E-state index contributed by atoms with van der Waals surface area (Å²) in [6, 6.07) is 21.2. The van der Waals surface area contributed by atoms with Gasteiger partial charge in [0.05, 0.1) is 24.9 Å². The molecule has 4 atom stereocenters. The molecular formula is C30H42O5Si. The molecule has 3 rings (SSSR count). The fraction of sp³-hybridized carbons (Fsp3) is 0.467. The van der Waals surface area contributed by atoms with Gasteiger partial charge in [-0.15, -0.1) is 0 Å². The summed E-state index contributed by atoms with van der Waals surface area (Å²) < 4.78 is 25.3. The van der Waals surface area contributed by atoms with Crippen molar-refractivity contribution in [2.75, 3.05) is 20.8 Å². The van der Waals surface area contributed by atoms with Gasteiger partial charge < -0.3 is 23.7 Å². The molecule has 36 heavy (non-hydrogen) atoms. The van der Waals surface area contributed by atoms with E-state index in [1.54, 1.807) is 20.3 Å². The molecule has 5 nitrogen and oxygen atoms in total. The molecule has 0 unspecified atom stereocenters. The van der Waals surface area contributed by atoms with E-state index in [0.29, 0.717) is 12.8 Å². The average Bonchev–Trinajstić information content (AvgIpc) is 2.89. The molecule has 196 valence electrons. The molecule has 0 bridgehead atoms. The van der Waals surface area contributed by atoms with E-state index in [1.807, 2.05) is 25.1 Å². The molecule has 2 aromatic carbocycles. The maximum atomic E-state index is 9.33. The lowest BCUT2D eigenvalue weighted by atomic mass is 9.99. The quantitative estimate of drug-likeness (QED) is 0.374. The van der Waals surface area contributed by atoms with E-state index in [9.17, 15) is 5.11 Å². The minimum Gasteiger partial charge on any atom is -0.398 e. The second-order valence-corrected chi connectivity index (χ2v) is 14.7. The average molecular weight is 511 g/mol. The van der Waals surface area contributed by atoms with Gasteiger partial charge in [-0.1, -0.05) is 105 Å². The Morgan fingerprint density at radius 3 is 2.06 bits per heavy atom. The first kappa shape index (κ1) is 28.5. The number of hydrogen-bond acceptors (Lipinski definition) is 5. The minimum absolute atomic E-state index is 0.0111. The lowest BCUT2D eigenvalue weighted by Gasteiger charge is -2.47. The number of allylic oxidation sites excluding steroid dienone is 2. The number of aliphatic hydroxyl groups is 1. The lowest BCUT2D eigenvalue weighted by molar-refractivity contribution is -0.220. The van der Waals surface area contributed by atoms with Crippen LogP contribution in [-0.2, 0) is 18.6 Å². The summed E-state index contributed by atoms with van der Waals surface area (Å²) in [4.78, 5) is 0. The van der Waals surface area contributed by atoms with Crippen LogP contribution in [0.3, 0.4) is 0 Å². The van der Waals surface area contributed by atoms with E-state index in [0.717, 1.165) is 5.57 Å². The summed E-state index contributed by atoms with van der Waals surface area (Å²) in [5.41, 5.74) is 1.00. The maximum Gasteiger partial charge on any atom is 0.262 e. The molecule has 0 aliphatic carbocycles. The van der Waals surface area contributed by atoms with Crippen LogP contribution < -0.4 is 10.4 Å². The predicted molar refractivity (Wildman–Crippen MR) is 148 cm³/mol. The molecule has 0 aromatic heterocycles. The number of methoxy groups -OCH3 is 2. The van der Waals surface area contributed by atoms with Crippen molar-refractivity contribution in [3.63, 3.8) is 0 Å². The van der Waals surface area contributed by atoms with Crippen molar-refractivity contribution >= 4 is 18.7 Å². The predicted octanol–water partition coefficient (Wildman–Crippen LogP) is 4.59. The Hall–Kier alpha value is -2.06. The van der Waals surface area contributed by atoms with E-state index < -0.39 is 8.32 Å². The zero-order valence-electron chi connectivity index (χ0n) is 22.5. The van der Waals surface area contributed by atoms with Gasteiger partial charge in [-0.2, -0.15) is 0 Å². The summed E-state index contributed by atoms with van der Waals surface area (Å²) in [5.74, 6) is 0. The molecule has 0 saturated carbocycles. The molecule has 1 saturated heterocycles. The van der Waals surface area contributed by atoms with Gasteiger partial charge in [-0.05, 0) is 22.3 Å². The highest BCUT2D eigenvalue weighted by Crippen LogP contribution is 2.39. The van der Waals surface area contributed by atoms with Crippen LogP contribution in [0.4, 0.5) is 0 Å². The molecule has 6 heteroatoms. The van der Waals surface area contributed by atoms with Crippen LogP contribution in [0.2, 0.25) is 5.04 Å². The van der Waals surface area contributed by atoms with Crippen LogP contribution in [0, 0.1) is 0 Å². The first-order chi connectivity index (χ1) is 17.2. The lowest BCUT2D eigenvalue weighted by Crippen LogP contribution is -2.68. The Bertz CT molecular complexity index is 932. The number of aliphatic hydroxyl groups excluding tert-OH is 1. The summed E-state index contributed by atoms with van der Waals surface area (Å²) in [6.07, 6.45) is 6.22. The maximum absolute atomic E-state index is 9.33. The number of hydrogen-bond donors (Lipinski definition) is 1. The second kappa shape index (κ2) is 12.9. The Morgan fingerprint density at radius 1 is 1.00 bits per heavy atom. The van der Waals surface area contributed by atoms with Crippen LogP contribution in [0.1, 0.15) is 40.5 Å². The molecule has 1 heterocycles. The largest absolute Gasteiger partial charge is 0.398 e. The van der Waals surface area contributed by atoms with Gasteiger partial charge in [0.15, 0.2) is 6.29 Å². The first-order valence-corrected chi connectivity index (χ1v) is 14.6. The van der Waals surface area contributed by atoms with Gasteiger partial charge >= 0.3 is 0 Å². The van der Waals surface area contributed by atoms with Crippen molar-refractivity contribution in [2.24, 2.45) is 0 Å². The Kier molecular flexibility index (Phi) is 10.3. The van der Waals surface area contributed by atoms with Crippen LogP contribution in [0.25, 0.3) is 0 Å². The van der Waals surface area contributed by atoms with Crippen molar-refractivity contribution in [3.05, 3.63) is 84.5 Å². The normalized spacial score (nSPS) is 22.6. The number of rotatable bonds is 10. The van der Waals surface area contributed by atoms with Crippen LogP contribution >= 0.6 is 0 Å². The highest BCUT2D eigenvalue weighted by Gasteiger charge is 2.52. The van der Waals surface area contributed by atoms with E-state index in [4.69, 9.17) is 18.6 Å². The molecule has 1 aliphatic heterocycles. The SMILES string of the molecule is CO[C@H]1C[C@H](OC)O[C@@H]([C@@H](/C=C(C)/C=C/CO)O[Si](c2ccccc2)(c2ccccc2)C(C)(C)C)C1.